The Morgan fingerprint density at radius 2 is 2.04 bits per heavy atom. The van der Waals surface area contributed by atoms with Crippen LogP contribution in [0.3, 0.4) is 0 Å². The van der Waals surface area contributed by atoms with E-state index in [0.29, 0.717) is 11.1 Å². The number of likely N-dealkylation sites (tertiary alicyclic amines) is 1. The van der Waals surface area contributed by atoms with E-state index in [1.165, 1.54) is 13.1 Å². The van der Waals surface area contributed by atoms with Gasteiger partial charge in [0, 0.05) is 35.9 Å². The van der Waals surface area contributed by atoms with Crippen molar-refractivity contribution in [2.24, 2.45) is 5.92 Å². The second-order valence-corrected chi connectivity index (χ2v) is 6.95. The lowest BCUT2D eigenvalue weighted by Crippen LogP contribution is -2.39. The van der Waals surface area contributed by atoms with E-state index < -0.39 is 36.9 Å². The third kappa shape index (κ3) is 4.06. The molecule has 5 nitrogen and oxygen atoms in total. The minimum atomic E-state index is -3.07. The van der Waals surface area contributed by atoms with Crippen LogP contribution in [0, 0.1) is 12.5 Å². The maximum atomic E-state index is 13.6. The highest BCUT2D eigenvalue weighted by molar-refractivity contribution is 6.03. The van der Waals surface area contributed by atoms with Crippen molar-refractivity contribution in [3.8, 4) is 11.1 Å². The molecule has 144 valence electrons. The molecular formula is C21H19F2N3O2. The fraction of sp³-hybridized carbons (Fsp3) is 0.333. The largest absolute Gasteiger partial charge is 0.306 e. The smallest absolute Gasteiger partial charge is 0.294 e. The highest BCUT2D eigenvalue weighted by Gasteiger charge is 2.51. The van der Waals surface area contributed by atoms with E-state index in [1.807, 2.05) is 30.3 Å². The van der Waals surface area contributed by atoms with E-state index in [1.54, 1.807) is 12.3 Å². The maximum absolute atomic E-state index is 13.6. The van der Waals surface area contributed by atoms with Crippen molar-refractivity contribution in [1.29, 1.82) is 0 Å². The molecule has 0 spiro atoms. The zero-order chi connectivity index (χ0) is 20.3. The molecule has 0 radical (unpaired) electrons. The van der Waals surface area contributed by atoms with Crippen molar-refractivity contribution in [2.45, 2.75) is 31.9 Å². The van der Waals surface area contributed by atoms with Crippen molar-refractivity contribution in [2.75, 3.05) is 6.54 Å². The van der Waals surface area contributed by atoms with Crippen molar-refractivity contribution in [3.05, 3.63) is 65.8 Å². The second kappa shape index (κ2) is 7.85. The Bertz CT molecular complexity index is 925. The topological polar surface area (TPSA) is 54.6 Å². The van der Waals surface area contributed by atoms with Gasteiger partial charge in [0.25, 0.3) is 5.92 Å². The van der Waals surface area contributed by atoms with Crippen LogP contribution in [0.2, 0.25) is 0 Å². The molecule has 2 aromatic rings. The number of benzene rings is 1. The lowest BCUT2D eigenvalue weighted by Gasteiger charge is -2.20. The summed E-state index contributed by atoms with van der Waals surface area (Å²) < 4.78 is 27.2. The fourth-order valence-electron chi connectivity index (χ4n) is 3.38. The monoisotopic (exact) mass is 383 g/mol. The number of hydrogen-bond donors (Lipinski definition) is 0. The molecule has 0 bridgehead atoms. The predicted molar refractivity (Wildman–Crippen MR) is 99.5 cm³/mol. The summed E-state index contributed by atoms with van der Waals surface area (Å²) in [7, 11) is 0. The minimum absolute atomic E-state index is 0.129. The van der Waals surface area contributed by atoms with Crippen molar-refractivity contribution >= 4 is 11.7 Å². The summed E-state index contributed by atoms with van der Waals surface area (Å²) >= 11 is 0. The van der Waals surface area contributed by atoms with Crippen LogP contribution in [0.4, 0.5) is 8.78 Å². The second-order valence-electron chi connectivity index (χ2n) is 6.95. The number of carbonyl (C=O) groups is 2. The molecule has 1 aliphatic heterocycles. The Hall–Kier alpha value is -3.14. The third-order valence-electron chi connectivity index (χ3n) is 4.79. The molecule has 0 saturated carbocycles. The average molecular weight is 383 g/mol. The van der Waals surface area contributed by atoms with Gasteiger partial charge in [0.15, 0.2) is 5.78 Å². The van der Waals surface area contributed by atoms with Gasteiger partial charge >= 0.3 is 6.17 Å². The van der Waals surface area contributed by atoms with Crippen LogP contribution in [0.5, 0.6) is 0 Å². The molecule has 1 aliphatic rings. The summed E-state index contributed by atoms with van der Waals surface area (Å²) in [5.74, 6) is -4.74. The number of ketones is 1. The van der Waals surface area contributed by atoms with E-state index >= 15 is 0 Å². The molecule has 3 rings (SSSR count). The molecule has 1 amide bonds. The quantitative estimate of drug-likeness (QED) is 0.578. The Labute approximate surface area is 161 Å². The van der Waals surface area contributed by atoms with Crippen LogP contribution in [-0.2, 0) is 4.79 Å². The summed E-state index contributed by atoms with van der Waals surface area (Å²) in [6, 6.07) is 10.9. The van der Waals surface area contributed by atoms with Gasteiger partial charge < -0.3 is 0 Å². The highest BCUT2D eigenvalue weighted by Crippen LogP contribution is 2.34. The molecule has 1 aromatic heterocycles. The van der Waals surface area contributed by atoms with E-state index in [2.05, 4.69) is 9.83 Å². The number of halogens is 2. The van der Waals surface area contributed by atoms with E-state index in [-0.39, 0.29) is 12.2 Å². The standard InChI is InChI=1S/C21H19F2N3O2/c1-14(20(28)26-13-21(22,23)11-19(26)24-2)10-18(27)16-8-9-25-12-17(16)15-6-4-3-5-7-15/h3-9,12,14,19H,10-11,13H2,1H3/t14-,19+/m1/s1. The van der Waals surface area contributed by atoms with Crippen molar-refractivity contribution < 1.29 is 18.4 Å². The number of pyridine rings is 1. The van der Waals surface area contributed by atoms with Crippen molar-refractivity contribution in [1.82, 2.24) is 9.88 Å². The number of nitrogens with zero attached hydrogens (tertiary/aromatic N) is 3. The van der Waals surface area contributed by atoms with Gasteiger partial charge in [-0.3, -0.25) is 24.3 Å². The molecule has 1 fully saturated rings. The molecule has 1 aromatic carbocycles. The summed E-state index contributed by atoms with van der Waals surface area (Å²) in [5.41, 5.74) is 1.90. The van der Waals surface area contributed by atoms with Gasteiger partial charge in [0.2, 0.25) is 5.91 Å². The molecule has 0 aliphatic carbocycles. The SMILES string of the molecule is [C-]#[N+][C@@H]1CC(F)(F)CN1C(=O)[C@H](C)CC(=O)c1ccncc1-c1ccccc1. The highest BCUT2D eigenvalue weighted by atomic mass is 19.3. The summed E-state index contributed by atoms with van der Waals surface area (Å²) in [6.07, 6.45) is 1.12. The molecular weight excluding hydrogens is 364 g/mol. The molecule has 7 heteroatoms. The summed E-state index contributed by atoms with van der Waals surface area (Å²) in [6.45, 7) is 7.82. The normalized spacial score (nSPS) is 19.1. The number of aromatic nitrogens is 1. The van der Waals surface area contributed by atoms with Gasteiger partial charge in [-0.1, -0.05) is 37.3 Å². The van der Waals surface area contributed by atoms with Gasteiger partial charge in [-0.05, 0) is 11.6 Å². The number of hydrogen-bond acceptors (Lipinski definition) is 3. The van der Waals surface area contributed by atoms with Gasteiger partial charge in [-0.2, -0.15) is 0 Å². The summed E-state index contributed by atoms with van der Waals surface area (Å²) in [4.78, 5) is 33.6. The molecule has 1 saturated heterocycles. The Balaban J connectivity index is 1.77. The lowest BCUT2D eigenvalue weighted by molar-refractivity contribution is -0.136. The number of carbonyl (C=O) groups excluding carboxylic acids is 2. The van der Waals surface area contributed by atoms with Gasteiger partial charge in [0.1, 0.15) is 6.42 Å². The summed E-state index contributed by atoms with van der Waals surface area (Å²) in [5, 5.41) is 0. The molecule has 2 heterocycles. The number of rotatable bonds is 5. The van der Waals surface area contributed by atoms with Crippen molar-refractivity contribution in [3.63, 3.8) is 0 Å². The van der Waals surface area contributed by atoms with E-state index in [0.717, 1.165) is 10.5 Å². The lowest BCUT2D eigenvalue weighted by atomic mass is 9.93. The first-order valence-corrected chi connectivity index (χ1v) is 8.90. The predicted octanol–water partition coefficient (Wildman–Crippen LogP) is 4.07. The van der Waals surface area contributed by atoms with Crippen LogP contribution >= 0.6 is 0 Å². The Morgan fingerprint density at radius 1 is 1.32 bits per heavy atom. The van der Waals surface area contributed by atoms with Gasteiger partial charge in [-0.25, -0.2) is 15.4 Å². The first-order valence-electron chi connectivity index (χ1n) is 8.90. The average Bonchev–Trinajstić information content (AvgIpc) is 3.02. The molecule has 0 N–H and O–H groups in total. The third-order valence-corrected chi connectivity index (χ3v) is 4.79. The van der Waals surface area contributed by atoms with Crippen LogP contribution < -0.4 is 0 Å². The molecule has 28 heavy (non-hydrogen) atoms. The molecule has 2 atom stereocenters. The Kier molecular flexibility index (Phi) is 5.50. The van der Waals surface area contributed by atoms with Crippen LogP contribution in [-0.4, -0.2) is 40.2 Å². The van der Waals surface area contributed by atoms with E-state index in [4.69, 9.17) is 6.57 Å². The first-order chi connectivity index (χ1) is 13.3. The molecule has 0 unspecified atom stereocenters. The number of Topliss-reactive ketones (excluding diaryl/α,β-unsaturated/α-hetero) is 1. The number of alkyl halides is 2. The van der Waals surface area contributed by atoms with Crippen LogP contribution in [0.15, 0.2) is 48.8 Å². The van der Waals surface area contributed by atoms with Crippen LogP contribution in [0.1, 0.15) is 30.1 Å². The van der Waals surface area contributed by atoms with Gasteiger partial charge in [0.05, 0.1) is 6.54 Å². The first kappa shape index (κ1) is 19.6. The zero-order valence-electron chi connectivity index (χ0n) is 15.3. The maximum Gasteiger partial charge on any atom is 0.306 e. The Morgan fingerprint density at radius 3 is 2.71 bits per heavy atom. The fourth-order valence-corrected chi connectivity index (χ4v) is 3.38. The minimum Gasteiger partial charge on any atom is -0.294 e. The van der Waals surface area contributed by atoms with E-state index in [9.17, 15) is 18.4 Å². The van der Waals surface area contributed by atoms with Gasteiger partial charge in [-0.15, -0.1) is 0 Å². The van der Waals surface area contributed by atoms with Crippen LogP contribution in [0.25, 0.3) is 16.0 Å². The zero-order valence-corrected chi connectivity index (χ0v) is 15.3. The number of amides is 1.